The quantitative estimate of drug-likeness (QED) is 0.660. The molecule has 21 heavy (non-hydrogen) atoms. The van der Waals surface area contributed by atoms with Crippen LogP contribution >= 0.6 is 0 Å². The number of phenolic OH excluding ortho intramolecular Hbond substituents is 2. The van der Waals surface area contributed by atoms with Crippen molar-refractivity contribution < 1.29 is 18.6 Å². The third-order valence-corrected chi connectivity index (χ3v) is 5.40. The zero-order chi connectivity index (χ0) is 15.0. The smallest absolute Gasteiger partial charge is 0.210 e. The van der Waals surface area contributed by atoms with Crippen LogP contribution in [0.15, 0.2) is 58.3 Å². The van der Waals surface area contributed by atoms with Gasteiger partial charge in [-0.15, -0.1) is 0 Å². The summed E-state index contributed by atoms with van der Waals surface area (Å²) in [5.41, 5.74) is 1.06. The van der Waals surface area contributed by atoms with Gasteiger partial charge in [0.2, 0.25) is 9.84 Å². The lowest BCUT2D eigenvalue weighted by Crippen LogP contribution is -2.06. The van der Waals surface area contributed by atoms with Crippen molar-refractivity contribution in [3.63, 3.8) is 0 Å². The van der Waals surface area contributed by atoms with Crippen molar-refractivity contribution in [3.05, 3.63) is 59.7 Å². The molecule has 0 fully saturated rings. The zero-order valence-electron chi connectivity index (χ0n) is 11.2. The minimum absolute atomic E-state index is 0.0889. The van der Waals surface area contributed by atoms with Crippen LogP contribution in [0.3, 0.4) is 0 Å². The number of sulfone groups is 1. The van der Waals surface area contributed by atoms with E-state index in [1.807, 2.05) is 12.2 Å². The minimum Gasteiger partial charge on any atom is -0.508 e. The normalized spacial score (nSPS) is 13.9. The highest BCUT2D eigenvalue weighted by atomic mass is 32.2. The molecule has 0 aromatic heterocycles. The fraction of sp³-hybridized carbons (Fsp3) is 0.125. The maximum Gasteiger partial charge on any atom is 0.210 e. The van der Waals surface area contributed by atoms with E-state index >= 15 is 0 Å². The molecule has 0 heterocycles. The van der Waals surface area contributed by atoms with Gasteiger partial charge in [0.25, 0.3) is 0 Å². The molecule has 1 aliphatic rings. The summed E-state index contributed by atoms with van der Waals surface area (Å²) in [5, 5.41) is 20.4. The van der Waals surface area contributed by atoms with Crippen LogP contribution in [0.1, 0.15) is 11.1 Å². The summed E-state index contributed by atoms with van der Waals surface area (Å²) in [4.78, 5) is -0.161. The van der Waals surface area contributed by atoms with Gasteiger partial charge in [0.15, 0.2) is 0 Å². The van der Waals surface area contributed by atoms with E-state index < -0.39 is 9.84 Å². The van der Waals surface area contributed by atoms with Crippen LogP contribution in [0.2, 0.25) is 0 Å². The van der Waals surface area contributed by atoms with Gasteiger partial charge >= 0.3 is 0 Å². The van der Waals surface area contributed by atoms with E-state index in [0.717, 1.165) is 6.07 Å². The number of hydrogen-bond acceptors (Lipinski definition) is 4. The fourth-order valence-electron chi connectivity index (χ4n) is 2.51. The molecule has 0 spiro atoms. The SMILES string of the molecule is O=S(=O)(c1ccccc1)c1cc(O)c2c(c1O)CC=CC2. The third kappa shape index (κ3) is 2.19. The van der Waals surface area contributed by atoms with Crippen molar-refractivity contribution >= 4 is 9.84 Å². The highest BCUT2D eigenvalue weighted by Gasteiger charge is 2.27. The number of fused-ring (bicyclic) bond motifs is 1. The number of aromatic hydroxyl groups is 2. The number of phenols is 2. The number of allylic oxidation sites excluding steroid dienone is 2. The van der Waals surface area contributed by atoms with E-state index in [1.54, 1.807) is 18.2 Å². The average Bonchev–Trinajstić information content (AvgIpc) is 2.51. The van der Waals surface area contributed by atoms with Crippen LogP contribution in [0, 0.1) is 0 Å². The molecule has 0 radical (unpaired) electrons. The van der Waals surface area contributed by atoms with Crippen molar-refractivity contribution in [2.75, 3.05) is 0 Å². The molecule has 0 saturated heterocycles. The molecule has 0 atom stereocenters. The Balaban J connectivity index is 2.23. The van der Waals surface area contributed by atoms with E-state index in [0.29, 0.717) is 24.0 Å². The van der Waals surface area contributed by atoms with Gasteiger partial charge in [-0.2, -0.15) is 0 Å². The molecule has 108 valence electrons. The molecule has 5 heteroatoms. The van der Waals surface area contributed by atoms with E-state index in [2.05, 4.69) is 0 Å². The molecule has 0 unspecified atom stereocenters. The maximum absolute atomic E-state index is 12.6. The van der Waals surface area contributed by atoms with E-state index in [4.69, 9.17) is 0 Å². The van der Waals surface area contributed by atoms with Crippen molar-refractivity contribution in [1.82, 2.24) is 0 Å². The second kappa shape index (κ2) is 4.93. The van der Waals surface area contributed by atoms with E-state index in [9.17, 15) is 18.6 Å². The lowest BCUT2D eigenvalue weighted by molar-refractivity contribution is 0.435. The lowest BCUT2D eigenvalue weighted by atomic mass is 9.95. The van der Waals surface area contributed by atoms with Crippen molar-refractivity contribution in [3.8, 4) is 11.5 Å². The van der Waals surface area contributed by atoms with Gasteiger partial charge in [-0.1, -0.05) is 30.4 Å². The van der Waals surface area contributed by atoms with Gasteiger partial charge in [0, 0.05) is 17.2 Å². The van der Waals surface area contributed by atoms with Crippen LogP contribution in [0.25, 0.3) is 0 Å². The fourth-order valence-corrected chi connectivity index (χ4v) is 3.92. The Bertz CT molecular complexity index is 821. The van der Waals surface area contributed by atoms with Gasteiger partial charge in [-0.25, -0.2) is 8.42 Å². The Morgan fingerprint density at radius 3 is 2.19 bits per heavy atom. The molecular weight excluding hydrogens is 288 g/mol. The number of hydrogen-bond donors (Lipinski definition) is 2. The molecule has 0 saturated carbocycles. The van der Waals surface area contributed by atoms with Gasteiger partial charge in [0.1, 0.15) is 16.4 Å². The van der Waals surface area contributed by atoms with E-state index in [-0.39, 0.29) is 21.3 Å². The second-order valence-electron chi connectivity index (χ2n) is 4.90. The largest absolute Gasteiger partial charge is 0.508 e. The van der Waals surface area contributed by atoms with Crippen LogP contribution < -0.4 is 0 Å². The predicted octanol–water partition coefficient (Wildman–Crippen LogP) is 2.59. The monoisotopic (exact) mass is 302 g/mol. The average molecular weight is 302 g/mol. The number of benzene rings is 2. The van der Waals surface area contributed by atoms with E-state index in [1.165, 1.54) is 12.1 Å². The Hall–Kier alpha value is -2.27. The zero-order valence-corrected chi connectivity index (χ0v) is 12.0. The lowest BCUT2D eigenvalue weighted by Gasteiger charge is -2.17. The first-order chi connectivity index (χ1) is 10.0. The predicted molar refractivity (Wildman–Crippen MR) is 78.2 cm³/mol. The minimum atomic E-state index is -3.86. The Labute approximate surface area is 122 Å². The molecule has 2 aromatic rings. The van der Waals surface area contributed by atoms with Gasteiger partial charge in [-0.05, 0) is 25.0 Å². The molecule has 0 bridgehead atoms. The van der Waals surface area contributed by atoms with Crippen LogP contribution in [0.5, 0.6) is 11.5 Å². The molecular formula is C16H14O4S. The van der Waals surface area contributed by atoms with Crippen molar-refractivity contribution in [2.24, 2.45) is 0 Å². The number of rotatable bonds is 2. The molecule has 3 rings (SSSR count). The molecule has 0 amide bonds. The topological polar surface area (TPSA) is 74.6 Å². The summed E-state index contributed by atoms with van der Waals surface area (Å²) in [6.07, 6.45) is 4.63. The van der Waals surface area contributed by atoms with Crippen LogP contribution in [-0.2, 0) is 22.7 Å². The summed E-state index contributed by atoms with van der Waals surface area (Å²) in [6, 6.07) is 9.01. The first-order valence-corrected chi connectivity index (χ1v) is 8.02. The van der Waals surface area contributed by atoms with Gasteiger partial charge in [-0.3, -0.25) is 0 Å². The first-order valence-electron chi connectivity index (χ1n) is 6.53. The highest BCUT2D eigenvalue weighted by Crippen LogP contribution is 2.40. The van der Waals surface area contributed by atoms with Gasteiger partial charge in [0.05, 0.1) is 4.90 Å². The van der Waals surface area contributed by atoms with Crippen LogP contribution in [0.4, 0.5) is 0 Å². The standard InChI is InChI=1S/C16H14O4S/c17-14-10-15(16(18)13-9-5-4-8-12(13)14)21(19,20)11-6-2-1-3-7-11/h1-7,10,17-18H,8-9H2. The maximum atomic E-state index is 12.6. The molecule has 2 N–H and O–H groups in total. The summed E-state index contributed by atoms with van der Waals surface area (Å²) >= 11 is 0. The Morgan fingerprint density at radius 2 is 1.52 bits per heavy atom. The van der Waals surface area contributed by atoms with Crippen LogP contribution in [-0.4, -0.2) is 18.6 Å². The second-order valence-corrected chi connectivity index (χ2v) is 6.81. The van der Waals surface area contributed by atoms with Crippen molar-refractivity contribution in [2.45, 2.75) is 22.6 Å². The molecule has 0 aliphatic heterocycles. The summed E-state index contributed by atoms with van der Waals surface area (Å²) < 4.78 is 25.2. The summed E-state index contributed by atoms with van der Waals surface area (Å²) in [7, 11) is -3.86. The Kier molecular flexibility index (Phi) is 3.22. The molecule has 2 aromatic carbocycles. The third-order valence-electron chi connectivity index (χ3n) is 3.61. The van der Waals surface area contributed by atoms with Gasteiger partial charge < -0.3 is 10.2 Å². The first kappa shape index (κ1) is 13.7. The molecule has 1 aliphatic carbocycles. The summed E-state index contributed by atoms with van der Waals surface area (Å²) in [6.45, 7) is 0. The highest BCUT2D eigenvalue weighted by molar-refractivity contribution is 7.91. The summed E-state index contributed by atoms with van der Waals surface area (Å²) in [5.74, 6) is -0.363. The Morgan fingerprint density at radius 1 is 0.905 bits per heavy atom. The molecule has 4 nitrogen and oxygen atoms in total. The van der Waals surface area contributed by atoms with Crippen molar-refractivity contribution in [1.29, 1.82) is 0 Å².